The first-order valence-corrected chi connectivity index (χ1v) is 6.67. The van der Waals surface area contributed by atoms with E-state index < -0.39 is 16.9 Å². The standard InChI is InChI=1S/C11H11IN2O5/c1-7-3-4-8(5-9(7)14(17)18)10(15)13(2)11(16)19-6-12/h3-5H,6H2,1-2H3. The molecule has 0 heterocycles. The van der Waals surface area contributed by atoms with E-state index in [0.29, 0.717) is 5.56 Å². The number of imide groups is 1. The number of aryl methyl sites for hydroxylation is 1. The minimum Gasteiger partial charge on any atom is -0.438 e. The van der Waals surface area contributed by atoms with E-state index in [1.54, 1.807) is 6.92 Å². The van der Waals surface area contributed by atoms with E-state index in [-0.39, 0.29) is 15.9 Å². The third-order valence-corrected chi connectivity index (χ3v) is 2.72. The zero-order chi connectivity index (χ0) is 14.6. The summed E-state index contributed by atoms with van der Waals surface area (Å²) in [6, 6.07) is 4.03. The van der Waals surface area contributed by atoms with Crippen LogP contribution in [-0.4, -0.2) is 33.5 Å². The summed E-state index contributed by atoms with van der Waals surface area (Å²) in [5.41, 5.74) is 0.339. The Morgan fingerprint density at radius 3 is 2.63 bits per heavy atom. The van der Waals surface area contributed by atoms with Gasteiger partial charge in [-0.3, -0.25) is 14.9 Å². The van der Waals surface area contributed by atoms with Crippen LogP contribution in [0, 0.1) is 17.0 Å². The fraction of sp³-hybridized carbons (Fsp3) is 0.273. The third-order valence-electron chi connectivity index (χ3n) is 2.41. The Morgan fingerprint density at radius 2 is 2.11 bits per heavy atom. The number of ether oxygens (including phenoxy) is 1. The molecule has 1 aromatic rings. The van der Waals surface area contributed by atoms with E-state index in [9.17, 15) is 19.7 Å². The second-order valence-corrected chi connectivity index (χ2v) is 4.26. The van der Waals surface area contributed by atoms with Crippen molar-refractivity contribution in [2.75, 3.05) is 11.7 Å². The summed E-state index contributed by atoms with van der Waals surface area (Å²) in [6.07, 6.45) is -0.803. The van der Waals surface area contributed by atoms with Crippen molar-refractivity contribution in [3.05, 3.63) is 39.4 Å². The molecule has 7 nitrogen and oxygen atoms in total. The maximum Gasteiger partial charge on any atom is 0.417 e. The summed E-state index contributed by atoms with van der Waals surface area (Å²) in [4.78, 5) is 34.3. The van der Waals surface area contributed by atoms with Crippen LogP contribution >= 0.6 is 22.6 Å². The van der Waals surface area contributed by atoms with Crippen LogP contribution in [0.25, 0.3) is 0 Å². The molecule has 0 radical (unpaired) electrons. The van der Waals surface area contributed by atoms with Crippen molar-refractivity contribution in [2.24, 2.45) is 0 Å². The number of nitro benzene ring substituents is 1. The van der Waals surface area contributed by atoms with Crippen molar-refractivity contribution in [3.63, 3.8) is 0 Å². The molecule has 8 heteroatoms. The lowest BCUT2D eigenvalue weighted by Gasteiger charge is -2.14. The van der Waals surface area contributed by atoms with E-state index in [1.807, 2.05) is 22.6 Å². The average molecular weight is 378 g/mol. The Morgan fingerprint density at radius 1 is 1.47 bits per heavy atom. The van der Waals surface area contributed by atoms with Gasteiger partial charge < -0.3 is 4.74 Å². The van der Waals surface area contributed by atoms with Crippen LogP contribution in [0.5, 0.6) is 0 Å². The van der Waals surface area contributed by atoms with Crippen molar-refractivity contribution in [2.45, 2.75) is 6.92 Å². The molecule has 0 fully saturated rings. The van der Waals surface area contributed by atoms with Crippen LogP contribution in [0.15, 0.2) is 18.2 Å². The minimum atomic E-state index is -0.803. The summed E-state index contributed by atoms with van der Waals surface area (Å²) < 4.78 is 4.78. The molecule has 0 bridgehead atoms. The second kappa shape index (κ2) is 6.45. The van der Waals surface area contributed by atoms with Crippen molar-refractivity contribution in [1.82, 2.24) is 4.90 Å². The SMILES string of the molecule is Cc1ccc(C(=O)N(C)C(=O)OCI)cc1[N+](=O)[O-]. The number of benzene rings is 1. The molecule has 0 atom stereocenters. The molecule has 2 amide bonds. The molecule has 1 rings (SSSR count). The van der Waals surface area contributed by atoms with Gasteiger partial charge in [-0.05, 0) is 35.6 Å². The first kappa shape index (κ1) is 15.3. The van der Waals surface area contributed by atoms with E-state index >= 15 is 0 Å². The number of hydrogen-bond acceptors (Lipinski definition) is 5. The van der Waals surface area contributed by atoms with Gasteiger partial charge in [0.25, 0.3) is 11.6 Å². The zero-order valence-corrected chi connectivity index (χ0v) is 12.4. The Labute approximate surface area is 122 Å². The Kier molecular flexibility index (Phi) is 5.21. The summed E-state index contributed by atoms with van der Waals surface area (Å²) in [7, 11) is 1.25. The van der Waals surface area contributed by atoms with Crippen molar-refractivity contribution in [1.29, 1.82) is 0 Å². The van der Waals surface area contributed by atoms with Gasteiger partial charge in [0.15, 0.2) is 0 Å². The molecule has 0 spiro atoms. The lowest BCUT2D eigenvalue weighted by atomic mass is 10.1. The molecule has 0 aliphatic heterocycles. The highest BCUT2D eigenvalue weighted by Gasteiger charge is 2.22. The van der Waals surface area contributed by atoms with Gasteiger partial charge in [0, 0.05) is 24.2 Å². The molecule has 0 aromatic heterocycles. The normalized spacial score (nSPS) is 9.84. The van der Waals surface area contributed by atoms with Crippen LogP contribution in [0.2, 0.25) is 0 Å². The maximum absolute atomic E-state index is 11.9. The van der Waals surface area contributed by atoms with Crippen LogP contribution in [0.1, 0.15) is 15.9 Å². The number of amides is 2. The molecule has 1 aromatic carbocycles. The van der Waals surface area contributed by atoms with Gasteiger partial charge in [-0.25, -0.2) is 9.69 Å². The largest absolute Gasteiger partial charge is 0.438 e. The van der Waals surface area contributed by atoms with Gasteiger partial charge in [0.05, 0.1) is 4.92 Å². The molecule has 0 unspecified atom stereocenters. The Balaban J connectivity index is 3.03. The van der Waals surface area contributed by atoms with Gasteiger partial charge in [0.2, 0.25) is 0 Å². The summed E-state index contributed by atoms with van der Waals surface area (Å²) in [5, 5.41) is 10.8. The molecule has 0 N–H and O–H groups in total. The third kappa shape index (κ3) is 3.63. The van der Waals surface area contributed by atoms with Gasteiger partial charge in [0.1, 0.15) is 4.61 Å². The van der Waals surface area contributed by atoms with E-state index in [0.717, 1.165) is 11.0 Å². The van der Waals surface area contributed by atoms with Crippen molar-refractivity contribution < 1.29 is 19.2 Å². The number of nitrogens with zero attached hydrogens (tertiary/aromatic N) is 2. The number of nitro groups is 1. The number of carbonyl (C=O) groups excluding carboxylic acids is 2. The maximum atomic E-state index is 11.9. The fourth-order valence-electron chi connectivity index (χ4n) is 1.36. The number of halogens is 1. The zero-order valence-electron chi connectivity index (χ0n) is 10.3. The lowest BCUT2D eigenvalue weighted by molar-refractivity contribution is -0.385. The van der Waals surface area contributed by atoms with E-state index in [4.69, 9.17) is 0 Å². The van der Waals surface area contributed by atoms with Crippen molar-refractivity contribution in [3.8, 4) is 0 Å². The summed E-state index contributed by atoms with van der Waals surface area (Å²) in [6.45, 7) is 1.57. The molecule has 0 aliphatic carbocycles. The summed E-state index contributed by atoms with van der Waals surface area (Å²) >= 11 is 1.82. The molecule has 0 aliphatic rings. The number of hydrogen-bond donors (Lipinski definition) is 0. The van der Waals surface area contributed by atoms with Gasteiger partial charge in [-0.1, -0.05) is 6.07 Å². The fourth-order valence-corrected chi connectivity index (χ4v) is 1.63. The number of carbonyl (C=O) groups is 2. The highest BCUT2D eigenvalue weighted by atomic mass is 127. The highest BCUT2D eigenvalue weighted by Crippen LogP contribution is 2.20. The van der Waals surface area contributed by atoms with Crippen LogP contribution in [0.3, 0.4) is 0 Å². The molecular weight excluding hydrogens is 367 g/mol. The molecule has 19 heavy (non-hydrogen) atoms. The molecule has 0 saturated carbocycles. The smallest absolute Gasteiger partial charge is 0.417 e. The number of rotatable bonds is 3. The Hall–Kier alpha value is -1.71. The first-order chi connectivity index (χ1) is 8.88. The molecule has 0 saturated heterocycles. The monoisotopic (exact) mass is 378 g/mol. The predicted molar refractivity (Wildman–Crippen MR) is 75.3 cm³/mol. The topological polar surface area (TPSA) is 89.8 Å². The summed E-state index contributed by atoms with van der Waals surface area (Å²) in [5.74, 6) is -0.655. The van der Waals surface area contributed by atoms with E-state index in [2.05, 4.69) is 4.74 Å². The second-order valence-electron chi connectivity index (χ2n) is 3.64. The van der Waals surface area contributed by atoms with Gasteiger partial charge >= 0.3 is 6.09 Å². The lowest BCUT2D eigenvalue weighted by Crippen LogP contribution is -2.33. The number of alkyl halides is 1. The van der Waals surface area contributed by atoms with Gasteiger partial charge in [-0.2, -0.15) is 0 Å². The quantitative estimate of drug-likeness (QED) is 0.349. The van der Waals surface area contributed by atoms with Crippen LogP contribution in [0.4, 0.5) is 10.5 Å². The first-order valence-electron chi connectivity index (χ1n) is 5.14. The van der Waals surface area contributed by atoms with Crippen LogP contribution in [-0.2, 0) is 4.74 Å². The predicted octanol–water partition coefficient (Wildman–Crippen LogP) is 2.50. The molecule has 102 valence electrons. The Bertz CT molecular complexity index is 532. The van der Waals surface area contributed by atoms with Gasteiger partial charge in [-0.15, -0.1) is 0 Å². The van der Waals surface area contributed by atoms with Crippen molar-refractivity contribution >= 4 is 40.3 Å². The van der Waals surface area contributed by atoms with Crippen LogP contribution < -0.4 is 0 Å². The highest BCUT2D eigenvalue weighted by molar-refractivity contribution is 14.1. The minimum absolute atomic E-state index is 0.0604. The van der Waals surface area contributed by atoms with E-state index in [1.165, 1.54) is 19.2 Å². The average Bonchev–Trinajstić information content (AvgIpc) is 2.37. The molecular formula is C11H11IN2O5.